The van der Waals surface area contributed by atoms with Crippen molar-refractivity contribution in [2.45, 2.75) is 46.7 Å². The number of imidazole rings is 1. The lowest BCUT2D eigenvalue weighted by Gasteiger charge is -2.43. The topological polar surface area (TPSA) is 53.7 Å². The second kappa shape index (κ2) is 7.64. The van der Waals surface area contributed by atoms with E-state index in [-0.39, 0.29) is 5.43 Å². The molecular formula is C28H30N5O. The van der Waals surface area contributed by atoms with Crippen LogP contribution in [0.15, 0.2) is 41.5 Å². The number of piperazine rings is 1. The molecule has 1 atom stereocenters. The lowest BCUT2D eigenvalue weighted by atomic mass is 10.1. The van der Waals surface area contributed by atoms with Gasteiger partial charge in [0, 0.05) is 72.7 Å². The molecule has 173 valence electrons. The Morgan fingerprint density at radius 3 is 2.62 bits per heavy atom. The number of nitrogens with zero attached hydrogens (tertiary/aromatic N) is 5. The number of hydrogen-bond donors (Lipinski definition) is 0. The maximum Gasteiger partial charge on any atom is 0.190 e. The molecular weight excluding hydrogens is 422 g/mol. The van der Waals surface area contributed by atoms with Crippen molar-refractivity contribution in [1.29, 1.82) is 0 Å². The highest BCUT2D eigenvalue weighted by Gasteiger charge is 2.29. The summed E-state index contributed by atoms with van der Waals surface area (Å²) in [6, 6.07) is 9.51. The summed E-state index contributed by atoms with van der Waals surface area (Å²) in [6.07, 6.45) is 6.03. The van der Waals surface area contributed by atoms with Crippen LogP contribution in [-0.4, -0.2) is 51.0 Å². The molecule has 1 aliphatic heterocycles. The molecule has 0 N–H and O–H groups in total. The Morgan fingerprint density at radius 2 is 1.85 bits per heavy atom. The Hall–Kier alpha value is -3.25. The van der Waals surface area contributed by atoms with Crippen molar-refractivity contribution in [2.24, 2.45) is 0 Å². The van der Waals surface area contributed by atoms with Gasteiger partial charge in [0.25, 0.3) is 0 Å². The van der Waals surface area contributed by atoms with E-state index >= 15 is 0 Å². The molecule has 1 radical (unpaired) electrons. The zero-order valence-electron chi connectivity index (χ0n) is 20.5. The predicted octanol–water partition coefficient (Wildman–Crippen LogP) is 4.36. The Balaban J connectivity index is 1.43. The van der Waals surface area contributed by atoms with Crippen molar-refractivity contribution in [3.8, 4) is 11.3 Å². The van der Waals surface area contributed by atoms with Crippen molar-refractivity contribution in [2.75, 3.05) is 24.5 Å². The Bertz CT molecular complexity index is 1520. The molecule has 2 aromatic carbocycles. The van der Waals surface area contributed by atoms with Gasteiger partial charge in [0.15, 0.2) is 11.1 Å². The van der Waals surface area contributed by atoms with Gasteiger partial charge in [0.1, 0.15) is 0 Å². The first-order valence-electron chi connectivity index (χ1n) is 12.1. The van der Waals surface area contributed by atoms with Crippen LogP contribution in [0.3, 0.4) is 0 Å². The molecule has 34 heavy (non-hydrogen) atoms. The van der Waals surface area contributed by atoms with E-state index in [0.717, 1.165) is 75.5 Å². The molecule has 3 heterocycles. The molecule has 4 aromatic rings. The van der Waals surface area contributed by atoms with Crippen LogP contribution in [-0.2, 0) is 0 Å². The lowest BCUT2D eigenvalue weighted by Crippen LogP contribution is -2.54. The van der Waals surface area contributed by atoms with Crippen LogP contribution in [0.5, 0.6) is 0 Å². The van der Waals surface area contributed by atoms with Gasteiger partial charge in [-0.05, 0) is 63.8 Å². The van der Waals surface area contributed by atoms with Crippen LogP contribution in [0.25, 0.3) is 27.7 Å². The monoisotopic (exact) mass is 452 g/mol. The van der Waals surface area contributed by atoms with Gasteiger partial charge in [-0.1, -0.05) is 6.07 Å². The predicted molar refractivity (Wildman–Crippen MR) is 138 cm³/mol. The lowest BCUT2D eigenvalue weighted by molar-refractivity contribution is 0.148. The fourth-order valence-electron chi connectivity index (χ4n) is 5.58. The third-order valence-electron chi connectivity index (χ3n) is 7.32. The summed E-state index contributed by atoms with van der Waals surface area (Å²) in [5.74, 6) is 0. The summed E-state index contributed by atoms with van der Waals surface area (Å²) in [7, 11) is 0. The molecule has 0 saturated carbocycles. The summed E-state index contributed by atoms with van der Waals surface area (Å²) >= 11 is 0. The minimum absolute atomic E-state index is 0.115. The molecule has 0 amide bonds. The number of anilines is 1. The van der Waals surface area contributed by atoms with Crippen LogP contribution in [0.4, 0.5) is 5.69 Å². The fourth-order valence-corrected chi connectivity index (χ4v) is 5.58. The van der Waals surface area contributed by atoms with E-state index in [0.29, 0.717) is 12.1 Å². The van der Waals surface area contributed by atoms with Gasteiger partial charge < -0.3 is 9.30 Å². The highest BCUT2D eigenvalue weighted by Crippen LogP contribution is 2.39. The van der Waals surface area contributed by atoms with E-state index in [2.05, 4.69) is 59.8 Å². The second-order valence-corrected chi connectivity index (χ2v) is 10.1. The van der Waals surface area contributed by atoms with E-state index < -0.39 is 0 Å². The van der Waals surface area contributed by atoms with E-state index in [1.54, 1.807) is 0 Å². The van der Waals surface area contributed by atoms with Crippen molar-refractivity contribution in [1.82, 2.24) is 19.3 Å². The highest BCUT2D eigenvalue weighted by molar-refractivity contribution is 5.93. The first kappa shape index (κ1) is 21.3. The molecule has 6 nitrogen and oxygen atoms in total. The van der Waals surface area contributed by atoms with E-state index in [1.807, 2.05) is 37.1 Å². The molecule has 2 aromatic heterocycles. The van der Waals surface area contributed by atoms with Crippen LogP contribution >= 0.6 is 0 Å². The summed E-state index contributed by atoms with van der Waals surface area (Å²) in [5.41, 5.74) is 7.66. The summed E-state index contributed by atoms with van der Waals surface area (Å²) in [6.45, 7) is 13.8. The number of aryl methyl sites for hydroxylation is 2. The summed E-state index contributed by atoms with van der Waals surface area (Å²) < 4.78 is 2.03. The fraction of sp³-hybridized carbons (Fsp3) is 0.357. The normalized spacial score (nSPS) is 18.2. The van der Waals surface area contributed by atoms with E-state index in [1.165, 1.54) is 0 Å². The minimum atomic E-state index is 0.115. The van der Waals surface area contributed by atoms with Crippen molar-refractivity contribution >= 4 is 22.1 Å². The van der Waals surface area contributed by atoms with Gasteiger partial charge in [-0.15, -0.1) is 0 Å². The summed E-state index contributed by atoms with van der Waals surface area (Å²) in [4.78, 5) is 27.8. The largest absolute Gasteiger partial charge is 0.369 e. The van der Waals surface area contributed by atoms with Crippen LogP contribution < -0.4 is 10.3 Å². The van der Waals surface area contributed by atoms with Crippen molar-refractivity contribution < 1.29 is 0 Å². The minimum Gasteiger partial charge on any atom is -0.369 e. The average molecular weight is 453 g/mol. The molecule has 0 unspecified atom stereocenters. The van der Waals surface area contributed by atoms with Gasteiger partial charge in [-0.3, -0.25) is 14.7 Å². The molecule has 1 saturated heterocycles. The molecule has 6 rings (SSSR count). The van der Waals surface area contributed by atoms with Crippen molar-refractivity contribution in [3.63, 3.8) is 0 Å². The quantitative estimate of drug-likeness (QED) is 0.407. The van der Waals surface area contributed by atoms with Crippen LogP contribution in [0.1, 0.15) is 43.3 Å². The second-order valence-electron chi connectivity index (χ2n) is 10.1. The number of aromatic nitrogens is 3. The van der Waals surface area contributed by atoms with Crippen molar-refractivity contribution in [3.05, 3.63) is 75.8 Å². The Kier molecular flexibility index (Phi) is 4.78. The van der Waals surface area contributed by atoms with E-state index in [4.69, 9.17) is 4.98 Å². The molecule has 0 spiro atoms. The third kappa shape index (κ3) is 3.40. The Labute approximate surface area is 199 Å². The Morgan fingerprint density at radius 1 is 1.03 bits per heavy atom. The maximum atomic E-state index is 13.4. The van der Waals surface area contributed by atoms with E-state index in [9.17, 15) is 4.79 Å². The highest BCUT2D eigenvalue weighted by atomic mass is 16.1. The molecule has 1 fully saturated rings. The molecule has 2 aliphatic rings. The third-order valence-corrected chi connectivity index (χ3v) is 7.32. The molecule has 6 heteroatoms. The molecule has 1 aliphatic carbocycles. The first-order valence-corrected chi connectivity index (χ1v) is 12.1. The summed E-state index contributed by atoms with van der Waals surface area (Å²) in [5, 5.41) is 1.74. The first-order chi connectivity index (χ1) is 16.3. The van der Waals surface area contributed by atoms with Gasteiger partial charge in [-0.25, -0.2) is 4.98 Å². The van der Waals surface area contributed by atoms with Crippen LogP contribution in [0, 0.1) is 20.3 Å². The SMILES string of the molecule is Cc1cn2cc(-c3cc4ccc(N5CCN(C(C)C)[C@H](C)C5)cc4c(=O)c4c3[CH]4)nc2c(C)n1. The smallest absolute Gasteiger partial charge is 0.190 e. The van der Waals surface area contributed by atoms with Crippen LogP contribution in [0.2, 0.25) is 0 Å². The standard InChI is InChI=1S/C28H30N5O/c1-16(2)33-9-8-31(14-18(33)4)21-7-6-20-10-24(23-12-25(23)27(34)22(20)11-21)26-15-32-13-17(3)29-19(5)28(32)30-26/h6-7,10-13,15-16,18H,8-9,14H2,1-5H3/t18-/m1/s1. The van der Waals surface area contributed by atoms with Gasteiger partial charge in [0.2, 0.25) is 0 Å². The van der Waals surface area contributed by atoms with Gasteiger partial charge >= 0.3 is 0 Å². The zero-order valence-corrected chi connectivity index (χ0v) is 20.5. The number of hydrogen-bond acceptors (Lipinski definition) is 5. The maximum absolute atomic E-state index is 13.4. The number of fused-ring (bicyclic) bond motifs is 3. The average Bonchev–Trinajstić information content (AvgIpc) is 3.49. The molecule has 0 bridgehead atoms. The zero-order chi connectivity index (χ0) is 23.7. The number of benzene rings is 1. The van der Waals surface area contributed by atoms with Gasteiger partial charge in [0.05, 0.1) is 17.1 Å². The van der Waals surface area contributed by atoms with Gasteiger partial charge in [-0.2, -0.15) is 0 Å². The number of rotatable bonds is 3.